The van der Waals surface area contributed by atoms with Crippen molar-refractivity contribution in [3.63, 3.8) is 0 Å². The van der Waals surface area contributed by atoms with Crippen molar-refractivity contribution >= 4 is 6.71 Å². The molecule has 29 atom stereocenters. The highest BCUT2D eigenvalue weighted by Crippen LogP contribution is 2.73. The lowest BCUT2D eigenvalue weighted by atomic mass is 9.18. The van der Waals surface area contributed by atoms with E-state index in [-0.39, 0.29) is 0 Å². The molecule has 0 aromatic heterocycles. The minimum atomic E-state index is 0.356. The summed E-state index contributed by atoms with van der Waals surface area (Å²) in [5.41, 5.74) is 2.33. The van der Waals surface area contributed by atoms with Crippen LogP contribution in [0.25, 0.3) is 0 Å². The van der Waals surface area contributed by atoms with E-state index in [4.69, 9.17) is 0 Å². The van der Waals surface area contributed by atoms with Crippen molar-refractivity contribution in [2.75, 3.05) is 0 Å². The summed E-state index contributed by atoms with van der Waals surface area (Å²) in [5, 5.41) is 0. The van der Waals surface area contributed by atoms with Crippen LogP contribution >= 0.6 is 0 Å². The van der Waals surface area contributed by atoms with Crippen LogP contribution < -0.4 is 0 Å². The number of fused-ring (bicyclic) bond motifs is 7. The Morgan fingerprint density at radius 1 is 0.185 bits per heavy atom. The fourth-order valence-corrected chi connectivity index (χ4v) is 45.3. The van der Waals surface area contributed by atoms with E-state index in [1.54, 1.807) is 250 Å². The maximum Gasteiger partial charge on any atom is 0.156 e. The normalized spacial score (nSPS) is 47.4. The summed E-state index contributed by atoms with van der Waals surface area (Å²) in [6.07, 6.45) is 98.0. The Hall–Kier alpha value is -0.0951. The third-order valence-corrected chi connectivity index (χ3v) is 52.0. The van der Waals surface area contributed by atoms with Crippen LogP contribution in [0.1, 0.15) is 529 Å². The second kappa shape index (κ2) is 40.1. The molecule has 0 radical (unpaired) electrons. The molecule has 0 N–H and O–H groups in total. The smallest absolute Gasteiger partial charge is 0.156 e. The summed E-state index contributed by atoms with van der Waals surface area (Å²) < 4.78 is 0. The van der Waals surface area contributed by atoms with Gasteiger partial charge in [0.1, 0.15) is 0 Å². The second-order valence-electron chi connectivity index (χ2n) is 63.8. The highest BCUT2D eigenvalue weighted by Gasteiger charge is 2.72. The fraction of sp³-hybridized carbons (Fsp3) is 1.00. The van der Waals surface area contributed by atoms with Crippen LogP contribution in [0.4, 0.5) is 0 Å². The van der Waals surface area contributed by atoms with Gasteiger partial charge in [0.15, 0.2) is 6.71 Å². The van der Waals surface area contributed by atoms with Gasteiger partial charge in [-0.2, -0.15) is 0 Å². The molecule has 0 spiro atoms. The molecule has 0 aromatic rings. The first-order chi connectivity index (χ1) is 64.7. The molecule has 3 heterocycles. The summed E-state index contributed by atoms with van der Waals surface area (Å²) in [4.78, 5) is 15.8. The first kappa shape index (κ1) is 99.5. The number of rotatable bonds is 13. The second-order valence-corrected chi connectivity index (χ2v) is 63.8. The Morgan fingerprint density at radius 3 is 0.889 bits per heavy atom. The first-order valence-corrected chi connectivity index (χ1v) is 63.8. The van der Waals surface area contributed by atoms with Gasteiger partial charge in [0, 0.05) is 72.5 Å². The van der Waals surface area contributed by atoms with Crippen molar-refractivity contribution in [2.45, 2.75) is 619 Å². The van der Waals surface area contributed by atoms with E-state index in [2.05, 4.69) is 144 Å². The van der Waals surface area contributed by atoms with E-state index in [0.29, 0.717) is 32.5 Å². The van der Waals surface area contributed by atoms with Crippen LogP contribution in [0.2, 0.25) is 17.5 Å². The summed E-state index contributed by atoms with van der Waals surface area (Å²) in [7, 11) is 0. The maximum absolute atomic E-state index is 4.16. The van der Waals surface area contributed by atoms with Gasteiger partial charge < -0.3 is 0 Å². The Bertz CT molecular complexity index is 3640. The lowest BCUT2D eigenvalue weighted by Gasteiger charge is -2.73. The van der Waals surface area contributed by atoms with E-state index in [1.807, 2.05) is 0 Å². The van der Waals surface area contributed by atoms with Gasteiger partial charge in [-0.25, -0.2) is 0 Å². The average molecular weight is 1850 g/mol. The SMILES string of the molecule is CC(C)(C)C1CC2CCC3CC(C(C)(C)C)CC4C(C5CCC6B7C8CCC(N9C%10CCC(C(C)(C)C)CC%10C%10CC(C(C)(C)C)CCC%109)CC8N(C8C(C9CCCCC9)CC(C(C)(C)C)CC8C8CCCCC8)C8CC(N(C9CCC(C%10CCCCC%10)CC9)C9CCC(C%10CCCCC%10)CC9)CC(C78)N(C7C(C8CCCCC8)CC(C(C)(C)C)CC7C7CCCCC7)C6C5)CC(C1)C2C34. The molecule has 3 aliphatic heterocycles. The lowest BCUT2D eigenvalue weighted by Crippen LogP contribution is -2.78. The minimum Gasteiger partial charge on any atom is -0.295 e. The zero-order valence-electron chi connectivity index (χ0n) is 92.7. The third kappa shape index (κ3) is 19.6. The number of nitrogens with zero attached hydrogens (tertiary/aromatic N) is 4. The summed E-state index contributed by atoms with van der Waals surface area (Å²) in [6.45, 7) is 50.5. The molecule has 4 nitrogen and oxygen atoms in total. The molecule has 22 rings (SSSR count). The van der Waals surface area contributed by atoms with Gasteiger partial charge in [0.25, 0.3) is 0 Å². The van der Waals surface area contributed by atoms with Crippen LogP contribution in [0.5, 0.6) is 0 Å². The van der Waals surface area contributed by atoms with Crippen molar-refractivity contribution in [2.24, 2.45) is 198 Å². The highest BCUT2D eigenvalue weighted by molar-refractivity contribution is 6.65. The molecular weight excluding hydrogens is 1630 g/mol. The monoisotopic (exact) mass is 1850 g/mol. The van der Waals surface area contributed by atoms with Gasteiger partial charge >= 0.3 is 0 Å². The largest absolute Gasteiger partial charge is 0.295 e. The molecule has 22 fully saturated rings. The molecule has 0 aromatic carbocycles. The van der Waals surface area contributed by atoms with Crippen molar-refractivity contribution in [3.8, 4) is 0 Å². The molecule has 3 saturated heterocycles. The maximum atomic E-state index is 4.16. The number of hydrogen-bond donors (Lipinski definition) is 0. The van der Waals surface area contributed by atoms with E-state index >= 15 is 0 Å². The minimum absolute atomic E-state index is 0.356. The van der Waals surface area contributed by atoms with Gasteiger partial charge in [-0.05, 0) is 408 Å². The zero-order valence-corrected chi connectivity index (χ0v) is 92.7. The Kier molecular flexibility index (Phi) is 29.6. The van der Waals surface area contributed by atoms with E-state index in [1.165, 1.54) is 154 Å². The van der Waals surface area contributed by atoms with Crippen LogP contribution in [0, 0.1) is 198 Å². The lowest BCUT2D eigenvalue weighted by molar-refractivity contribution is -0.162. The van der Waals surface area contributed by atoms with Crippen LogP contribution in [0.3, 0.4) is 0 Å². The summed E-state index contributed by atoms with van der Waals surface area (Å²) >= 11 is 0. The highest BCUT2D eigenvalue weighted by atomic mass is 15.3. The molecule has 0 amide bonds. The van der Waals surface area contributed by atoms with Crippen molar-refractivity contribution < 1.29 is 0 Å². The predicted molar refractivity (Wildman–Crippen MR) is 575 cm³/mol. The van der Waals surface area contributed by atoms with Crippen molar-refractivity contribution in [3.05, 3.63) is 0 Å². The zero-order chi connectivity index (χ0) is 93.3. The van der Waals surface area contributed by atoms with Gasteiger partial charge in [0.2, 0.25) is 0 Å². The standard InChI is InChI=1S/C130H223BN4/c1-125(2,3)94-56-65-114-109(72-94)110-73-95(126(4,5)6)57-66-115(110)133(114)102-62-64-113-117(79-102)135(124-107(88-45-33-23-34-46-88)76-99(130(16,17)18)77-108(124)89-47-35-24-36-48-89)119-81-103(132(100-58-51-84(52-59-100)82-37-25-19-26-38-82)101-60-53-85(54-61-101)83-39-27-20-28-40-83)80-118-122(119)131(113)112-63-55-90(104-70-93-69-96(127(7,8)9)67-91-49-50-92-68-97(128(10,11)12)78-111(104)121(92)120(91)93)71-116(112)134(118)123-105(86-41-29-21-30-42-86)74-98(129(13,14)15)75-106(123)87-43-31-22-32-44-87/h82-124H,19-81H2,1-18H3. The van der Waals surface area contributed by atoms with E-state index in [9.17, 15) is 0 Å². The molecule has 0 bridgehead atoms. The first-order valence-electron chi connectivity index (χ1n) is 63.8. The van der Waals surface area contributed by atoms with Crippen LogP contribution in [0.15, 0.2) is 0 Å². The quantitative estimate of drug-likeness (QED) is 0.170. The Labute approximate surface area is 838 Å². The van der Waals surface area contributed by atoms with E-state index in [0.717, 1.165) is 262 Å². The van der Waals surface area contributed by atoms with Crippen LogP contribution in [-0.2, 0) is 0 Å². The molecule has 22 aliphatic rings. The Balaban J connectivity index is 0.758. The Morgan fingerprint density at radius 2 is 0.496 bits per heavy atom. The molecular formula is C130H223BN4. The van der Waals surface area contributed by atoms with Crippen LogP contribution in [-0.4, -0.2) is 98.8 Å². The topological polar surface area (TPSA) is 13.0 Å². The molecule has 766 valence electrons. The van der Waals surface area contributed by atoms with Gasteiger partial charge in [-0.3, -0.25) is 19.6 Å². The summed E-state index contributed by atoms with van der Waals surface area (Å²) in [5.74, 6) is 28.7. The fourth-order valence-electron chi connectivity index (χ4n) is 45.3. The molecule has 29 unspecified atom stereocenters. The molecule has 5 heteroatoms. The molecule has 19 saturated carbocycles. The van der Waals surface area contributed by atoms with Gasteiger partial charge in [-0.15, -0.1) is 0 Å². The van der Waals surface area contributed by atoms with Gasteiger partial charge in [0.05, 0.1) is 0 Å². The van der Waals surface area contributed by atoms with E-state index < -0.39 is 0 Å². The summed E-state index contributed by atoms with van der Waals surface area (Å²) in [6, 6.07) is 9.29. The predicted octanol–water partition coefficient (Wildman–Crippen LogP) is 35.6. The number of hydrogen-bond acceptors (Lipinski definition) is 4. The van der Waals surface area contributed by atoms with Crippen molar-refractivity contribution in [1.82, 2.24) is 19.6 Å². The average Bonchev–Trinajstić information content (AvgIpc) is 0.698. The molecule has 19 aliphatic carbocycles. The third-order valence-electron chi connectivity index (χ3n) is 52.0. The number of likely N-dealkylation sites (tertiary alicyclic amines) is 1. The molecule has 135 heavy (non-hydrogen) atoms. The van der Waals surface area contributed by atoms with Gasteiger partial charge in [-0.1, -0.05) is 337 Å². The van der Waals surface area contributed by atoms with Crippen molar-refractivity contribution in [1.29, 1.82) is 0 Å².